The summed E-state index contributed by atoms with van der Waals surface area (Å²) in [5, 5.41) is 10.8. The van der Waals surface area contributed by atoms with Crippen molar-refractivity contribution >= 4 is 49.1 Å². The maximum atomic E-state index is 10.4. The maximum absolute atomic E-state index is 10.4. The van der Waals surface area contributed by atoms with Crippen LogP contribution in [-0.4, -0.2) is 4.92 Å². The molecule has 0 radical (unpaired) electrons. The summed E-state index contributed by atoms with van der Waals surface area (Å²) in [4.78, 5) is 9.92. The summed E-state index contributed by atoms with van der Waals surface area (Å²) in [6, 6.07) is 2.87. The highest BCUT2D eigenvalue weighted by Crippen LogP contribution is 2.35. The van der Waals surface area contributed by atoms with Gasteiger partial charge in [0.05, 0.1) is 4.92 Å². The van der Waals surface area contributed by atoms with Gasteiger partial charge in [-0.3, -0.25) is 10.1 Å². The van der Waals surface area contributed by atoms with Crippen molar-refractivity contribution in [3.63, 3.8) is 0 Å². The van der Waals surface area contributed by atoms with Crippen molar-refractivity contribution in [2.24, 2.45) is 0 Å². The molecule has 0 aliphatic carbocycles. The van der Waals surface area contributed by atoms with E-state index in [2.05, 4.69) is 31.9 Å². The number of hydrogen-bond acceptors (Lipinski definition) is 2. The third-order valence-corrected chi connectivity index (χ3v) is 3.38. The molecule has 0 atom stereocenters. The molecule has 0 aliphatic heterocycles. The molecule has 1 aromatic rings. The molecule has 0 bridgehead atoms. The molecule has 0 aliphatic rings. The van der Waals surface area contributed by atoms with Gasteiger partial charge in [0.2, 0.25) is 0 Å². The van der Waals surface area contributed by atoms with Gasteiger partial charge < -0.3 is 0 Å². The summed E-state index contributed by atoms with van der Waals surface area (Å²) >= 11 is 11.8. The van der Waals surface area contributed by atoms with Crippen LogP contribution in [0.5, 0.6) is 0 Å². The van der Waals surface area contributed by atoms with Crippen LogP contribution in [0.2, 0.25) is 5.02 Å². The largest absolute Gasteiger partial charge is 0.286 e. The van der Waals surface area contributed by atoms with E-state index >= 15 is 0 Å². The maximum Gasteiger partial charge on any atom is 0.286 e. The van der Waals surface area contributed by atoms with Crippen LogP contribution in [-0.2, 0) is 0 Å². The Balaban J connectivity index is 3.37. The molecule has 0 N–H and O–H groups in total. The lowest BCUT2D eigenvalue weighted by Gasteiger charge is -1.98. The van der Waals surface area contributed by atoms with E-state index in [9.17, 15) is 10.1 Å². The van der Waals surface area contributed by atoms with E-state index in [4.69, 9.17) is 11.6 Å². The van der Waals surface area contributed by atoms with Gasteiger partial charge in [-0.05, 0) is 37.9 Å². The second kappa shape index (κ2) is 3.72. The standard InChI is InChI=1S/C6H2Br2ClNO2/c7-4-1-3(9)2-5(6(4)8)10(11)12/h1-2H. The Morgan fingerprint density at radius 3 is 2.50 bits per heavy atom. The Hall–Kier alpha value is -0.130. The quantitative estimate of drug-likeness (QED) is 0.450. The van der Waals surface area contributed by atoms with Crippen molar-refractivity contribution in [2.75, 3.05) is 0 Å². The summed E-state index contributed by atoms with van der Waals surface area (Å²) in [5.41, 5.74) is -0.0469. The van der Waals surface area contributed by atoms with E-state index in [1.807, 2.05) is 0 Å². The summed E-state index contributed by atoms with van der Waals surface area (Å²) in [7, 11) is 0. The Kier molecular flexibility index (Phi) is 3.09. The molecule has 0 amide bonds. The van der Waals surface area contributed by atoms with E-state index in [1.165, 1.54) is 6.07 Å². The average molecular weight is 315 g/mol. The number of nitrogens with zero attached hydrogens (tertiary/aromatic N) is 1. The zero-order valence-corrected chi connectivity index (χ0v) is 9.48. The first-order valence-corrected chi connectivity index (χ1v) is 4.77. The fraction of sp³-hybridized carbons (Fsp3) is 0. The number of hydrogen-bond donors (Lipinski definition) is 0. The molecule has 6 heteroatoms. The topological polar surface area (TPSA) is 43.1 Å². The zero-order chi connectivity index (χ0) is 9.30. The van der Waals surface area contributed by atoms with E-state index in [0.717, 1.165) is 0 Å². The van der Waals surface area contributed by atoms with Gasteiger partial charge in [0.25, 0.3) is 5.69 Å². The number of benzene rings is 1. The van der Waals surface area contributed by atoms with Gasteiger partial charge in [0, 0.05) is 15.6 Å². The third-order valence-electron chi connectivity index (χ3n) is 1.17. The predicted molar refractivity (Wildman–Crippen MR) is 53.5 cm³/mol. The zero-order valence-electron chi connectivity index (χ0n) is 5.55. The highest BCUT2D eigenvalue weighted by molar-refractivity contribution is 9.13. The van der Waals surface area contributed by atoms with Gasteiger partial charge in [-0.15, -0.1) is 0 Å². The molecule has 0 spiro atoms. The highest BCUT2D eigenvalue weighted by atomic mass is 79.9. The summed E-state index contributed by atoms with van der Waals surface area (Å²) in [6.07, 6.45) is 0. The molecular weight excluding hydrogens is 313 g/mol. The van der Waals surface area contributed by atoms with Crippen molar-refractivity contribution < 1.29 is 4.92 Å². The SMILES string of the molecule is O=[N+]([O-])c1cc(Cl)cc(Br)c1Br. The summed E-state index contributed by atoms with van der Waals surface area (Å²) < 4.78 is 0.971. The van der Waals surface area contributed by atoms with Crippen LogP contribution in [0.1, 0.15) is 0 Å². The lowest BCUT2D eigenvalue weighted by molar-refractivity contribution is -0.385. The molecule has 0 saturated carbocycles. The Labute approximate surface area is 90.1 Å². The monoisotopic (exact) mass is 313 g/mol. The van der Waals surface area contributed by atoms with E-state index in [-0.39, 0.29) is 5.69 Å². The van der Waals surface area contributed by atoms with Gasteiger partial charge in [0.1, 0.15) is 4.47 Å². The third kappa shape index (κ3) is 1.97. The molecule has 0 heterocycles. The van der Waals surface area contributed by atoms with Crippen LogP contribution in [0, 0.1) is 10.1 Å². The average Bonchev–Trinajstić information content (AvgIpc) is 1.96. The first-order valence-electron chi connectivity index (χ1n) is 2.81. The van der Waals surface area contributed by atoms with E-state index < -0.39 is 4.92 Å². The summed E-state index contributed by atoms with van der Waals surface area (Å²) in [5.74, 6) is 0. The van der Waals surface area contributed by atoms with Gasteiger partial charge in [-0.25, -0.2) is 0 Å². The van der Waals surface area contributed by atoms with Crippen LogP contribution in [0.15, 0.2) is 21.1 Å². The van der Waals surface area contributed by atoms with Gasteiger partial charge >= 0.3 is 0 Å². The van der Waals surface area contributed by atoms with Gasteiger partial charge in [-0.2, -0.15) is 0 Å². The molecule has 0 fully saturated rings. The molecule has 3 nitrogen and oxygen atoms in total. The minimum atomic E-state index is -0.499. The normalized spacial score (nSPS) is 9.92. The lowest BCUT2D eigenvalue weighted by Crippen LogP contribution is -1.89. The smallest absolute Gasteiger partial charge is 0.258 e. The van der Waals surface area contributed by atoms with Gasteiger partial charge in [0.15, 0.2) is 0 Å². The molecule has 0 unspecified atom stereocenters. The minimum absolute atomic E-state index is 0.0469. The molecule has 1 aromatic carbocycles. The van der Waals surface area contributed by atoms with Crippen molar-refractivity contribution in [1.29, 1.82) is 0 Å². The van der Waals surface area contributed by atoms with Crippen molar-refractivity contribution in [3.8, 4) is 0 Å². The first-order chi connectivity index (χ1) is 5.52. The molecule has 0 saturated heterocycles. The highest BCUT2D eigenvalue weighted by Gasteiger charge is 2.15. The Bertz CT molecular complexity index is 343. The Morgan fingerprint density at radius 1 is 1.42 bits per heavy atom. The fourth-order valence-corrected chi connectivity index (χ4v) is 1.84. The first kappa shape index (κ1) is 9.95. The van der Waals surface area contributed by atoms with Crippen LogP contribution >= 0.6 is 43.5 Å². The summed E-state index contributed by atoms with van der Waals surface area (Å²) in [6.45, 7) is 0. The van der Waals surface area contributed by atoms with Crippen molar-refractivity contribution in [1.82, 2.24) is 0 Å². The molecule has 64 valence electrons. The van der Waals surface area contributed by atoms with Crippen LogP contribution in [0.25, 0.3) is 0 Å². The van der Waals surface area contributed by atoms with Crippen LogP contribution in [0.3, 0.4) is 0 Å². The molecule has 0 aromatic heterocycles. The Morgan fingerprint density at radius 2 is 2.00 bits per heavy atom. The van der Waals surface area contributed by atoms with E-state index in [0.29, 0.717) is 14.0 Å². The van der Waals surface area contributed by atoms with Crippen LogP contribution in [0.4, 0.5) is 5.69 Å². The molecular formula is C6H2Br2ClNO2. The van der Waals surface area contributed by atoms with Crippen molar-refractivity contribution in [2.45, 2.75) is 0 Å². The number of rotatable bonds is 1. The van der Waals surface area contributed by atoms with Crippen LogP contribution < -0.4 is 0 Å². The van der Waals surface area contributed by atoms with Crippen molar-refractivity contribution in [3.05, 3.63) is 36.2 Å². The predicted octanol–water partition coefficient (Wildman–Crippen LogP) is 3.77. The minimum Gasteiger partial charge on any atom is -0.258 e. The number of halogens is 3. The molecule has 12 heavy (non-hydrogen) atoms. The number of nitro groups is 1. The lowest BCUT2D eigenvalue weighted by atomic mass is 10.3. The van der Waals surface area contributed by atoms with E-state index in [1.54, 1.807) is 6.07 Å². The fourth-order valence-electron chi connectivity index (χ4n) is 0.675. The number of nitro benzene ring substituents is 1. The van der Waals surface area contributed by atoms with Gasteiger partial charge in [-0.1, -0.05) is 11.6 Å². The molecule has 1 rings (SSSR count). The second-order valence-electron chi connectivity index (χ2n) is 1.98. The second-order valence-corrected chi connectivity index (χ2v) is 4.06.